The minimum absolute atomic E-state index is 0.0550. The number of carbonyl (C=O) groups is 1. The SMILES string of the molecule is Cc1nccc(CNC(=O)C2(CN)CC(C)C2)n1. The van der Waals surface area contributed by atoms with Crippen molar-refractivity contribution in [3.63, 3.8) is 0 Å². The van der Waals surface area contributed by atoms with E-state index in [4.69, 9.17) is 5.73 Å². The standard InChI is InChI=1S/C13H20N4O/c1-9-5-13(6-9,8-14)12(18)16-7-11-3-4-15-10(2)17-11/h3-4,9H,5-8,14H2,1-2H3,(H,16,18). The summed E-state index contributed by atoms with van der Waals surface area (Å²) < 4.78 is 0. The molecule has 0 spiro atoms. The summed E-state index contributed by atoms with van der Waals surface area (Å²) in [4.78, 5) is 20.4. The van der Waals surface area contributed by atoms with Crippen molar-refractivity contribution in [2.75, 3.05) is 6.54 Å². The molecule has 0 unspecified atom stereocenters. The van der Waals surface area contributed by atoms with Crippen molar-refractivity contribution in [3.8, 4) is 0 Å². The van der Waals surface area contributed by atoms with E-state index in [0.29, 0.717) is 24.8 Å². The summed E-state index contributed by atoms with van der Waals surface area (Å²) in [6, 6.07) is 1.81. The van der Waals surface area contributed by atoms with Gasteiger partial charge in [0.05, 0.1) is 17.7 Å². The fourth-order valence-electron chi connectivity index (χ4n) is 2.68. The number of hydrogen-bond acceptors (Lipinski definition) is 4. The minimum atomic E-state index is -0.346. The van der Waals surface area contributed by atoms with Gasteiger partial charge in [0, 0.05) is 12.7 Å². The molecule has 0 bridgehead atoms. The lowest BCUT2D eigenvalue weighted by Gasteiger charge is -2.44. The Kier molecular flexibility index (Phi) is 3.61. The fraction of sp³-hybridized carbons (Fsp3) is 0.615. The molecule has 5 heteroatoms. The maximum absolute atomic E-state index is 12.1. The Balaban J connectivity index is 1.92. The Bertz CT molecular complexity index is 440. The zero-order valence-electron chi connectivity index (χ0n) is 10.9. The Labute approximate surface area is 107 Å². The van der Waals surface area contributed by atoms with Gasteiger partial charge in [0.1, 0.15) is 5.82 Å². The first-order chi connectivity index (χ1) is 8.55. The Morgan fingerprint density at radius 2 is 2.33 bits per heavy atom. The summed E-state index contributed by atoms with van der Waals surface area (Å²) in [5.74, 6) is 1.37. The lowest BCUT2D eigenvalue weighted by atomic mass is 9.62. The minimum Gasteiger partial charge on any atom is -0.350 e. The molecular weight excluding hydrogens is 228 g/mol. The Hall–Kier alpha value is -1.49. The van der Waals surface area contributed by atoms with E-state index in [9.17, 15) is 4.79 Å². The molecule has 0 radical (unpaired) electrons. The smallest absolute Gasteiger partial charge is 0.227 e. The molecule has 3 N–H and O–H groups in total. The molecule has 5 nitrogen and oxygen atoms in total. The number of nitrogens with one attached hydrogen (secondary N) is 1. The van der Waals surface area contributed by atoms with E-state index in [1.54, 1.807) is 6.20 Å². The van der Waals surface area contributed by atoms with E-state index in [0.717, 1.165) is 18.5 Å². The molecule has 1 heterocycles. The summed E-state index contributed by atoms with van der Waals surface area (Å²) in [7, 11) is 0. The van der Waals surface area contributed by atoms with Gasteiger partial charge >= 0.3 is 0 Å². The zero-order chi connectivity index (χ0) is 13.2. The second-order valence-electron chi connectivity index (χ2n) is 5.28. The average Bonchev–Trinajstić information content (AvgIpc) is 2.32. The molecule has 1 fully saturated rings. The number of aryl methyl sites for hydroxylation is 1. The predicted molar refractivity (Wildman–Crippen MR) is 68.5 cm³/mol. The van der Waals surface area contributed by atoms with Crippen molar-refractivity contribution in [2.24, 2.45) is 17.1 Å². The normalized spacial score (nSPS) is 26.5. The maximum atomic E-state index is 12.1. The van der Waals surface area contributed by atoms with Crippen LogP contribution in [0, 0.1) is 18.3 Å². The molecule has 0 aliphatic heterocycles. The molecule has 1 aromatic rings. The molecule has 18 heavy (non-hydrogen) atoms. The number of rotatable bonds is 4. The van der Waals surface area contributed by atoms with Crippen LogP contribution < -0.4 is 11.1 Å². The number of hydrogen-bond donors (Lipinski definition) is 2. The van der Waals surface area contributed by atoms with Crippen molar-refractivity contribution >= 4 is 5.91 Å². The van der Waals surface area contributed by atoms with Gasteiger partial charge in [-0.25, -0.2) is 9.97 Å². The van der Waals surface area contributed by atoms with E-state index in [-0.39, 0.29) is 11.3 Å². The summed E-state index contributed by atoms with van der Waals surface area (Å²) in [5, 5.41) is 2.93. The highest BCUT2D eigenvalue weighted by Crippen LogP contribution is 2.44. The monoisotopic (exact) mass is 248 g/mol. The first-order valence-corrected chi connectivity index (χ1v) is 6.33. The fourth-order valence-corrected chi connectivity index (χ4v) is 2.68. The molecule has 1 amide bonds. The van der Waals surface area contributed by atoms with Crippen molar-refractivity contribution in [1.29, 1.82) is 0 Å². The van der Waals surface area contributed by atoms with Gasteiger partial charge in [0.15, 0.2) is 0 Å². The summed E-state index contributed by atoms with van der Waals surface area (Å²) in [6.45, 7) is 4.85. The van der Waals surface area contributed by atoms with Crippen LogP contribution in [0.5, 0.6) is 0 Å². The van der Waals surface area contributed by atoms with E-state index < -0.39 is 0 Å². The largest absolute Gasteiger partial charge is 0.350 e. The quantitative estimate of drug-likeness (QED) is 0.825. The maximum Gasteiger partial charge on any atom is 0.227 e. The van der Waals surface area contributed by atoms with Gasteiger partial charge in [0.25, 0.3) is 0 Å². The molecule has 1 aromatic heterocycles. The topological polar surface area (TPSA) is 80.9 Å². The van der Waals surface area contributed by atoms with Gasteiger partial charge in [-0.3, -0.25) is 4.79 Å². The summed E-state index contributed by atoms with van der Waals surface area (Å²) >= 11 is 0. The number of amides is 1. The second-order valence-corrected chi connectivity index (χ2v) is 5.28. The lowest BCUT2D eigenvalue weighted by molar-refractivity contribution is -0.138. The van der Waals surface area contributed by atoms with Crippen LogP contribution in [0.25, 0.3) is 0 Å². The molecular formula is C13H20N4O. The van der Waals surface area contributed by atoms with Gasteiger partial charge in [0.2, 0.25) is 5.91 Å². The lowest BCUT2D eigenvalue weighted by Crippen LogP contribution is -2.53. The molecule has 1 saturated carbocycles. The average molecular weight is 248 g/mol. The number of aromatic nitrogens is 2. The van der Waals surface area contributed by atoms with Gasteiger partial charge in [-0.05, 0) is 31.7 Å². The van der Waals surface area contributed by atoms with Crippen LogP contribution in [0.4, 0.5) is 0 Å². The first kappa shape index (κ1) is 13.0. The van der Waals surface area contributed by atoms with Crippen LogP contribution in [0.15, 0.2) is 12.3 Å². The third kappa shape index (κ3) is 2.51. The summed E-state index contributed by atoms with van der Waals surface area (Å²) in [6.07, 6.45) is 3.48. The van der Waals surface area contributed by atoms with Crippen LogP contribution in [-0.2, 0) is 11.3 Å². The molecule has 1 aliphatic rings. The van der Waals surface area contributed by atoms with Crippen molar-refractivity contribution < 1.29 is 4.79 Å². The number of nitrogens with zero attached hydrogens (tertiary/aromatic N) is 2. The van der Waals surface area contributed by atoms with Gasteiger partial charge < -0.3 is 11.1 Å². The number of nitrogens with two attached hydrogens (primary N) is 1. The third-order valence-electron chi connectivity index (χ3n) is 3.61. The zero-order valence-corrected chi connectivity index (χ0v) is 10.9. The van der Waals surface area contributed by atoms with Crippen LogP contribution in [-0.4, -0.2) is 22.4 Å². The molecule has 2 rings (SSSR count). The highest BCUT2D eigenvalue weighted by atomic mass is 16.2. The van der Waals surface area contributed by atoms with E-state index >= 15 is 0 Å². The molecule has 0 aromatic carbocycles. The first-order valence-electron chi connectivity index (χ1n) is 6.33. The van der Waals surface area contributed by atoms with Gasteiger partial charge in [-0.2, -0.15) is 0 Å². The van der Waals surface area contributed by atoms with E-state index in [2.05, 4.69) is 22.2 Å². The molecule has 0 saturated heterocycles. The van der Waals surface area contributed by atoms with Crippen LogP contribution in [0.2, 0.25) is 0 Å². The van der Waals surface area contributed by atoms with Crippen LogP contribution in [0.1, 0.15) is 31.3 Å². The number of carbonyl (C=O) groups excluding carboxylic acids is 1. The molecule has 98 valence electrons. The van der Waals surface area contributed by atoms with Gasteiger partial charge in [-0.1, -0.05) is 6.92 Å². The van der Waals surface area contributed by atoms with Crippen molar-refractivity contribution in [1.82, 2.24) is 15.3 Å². The van der Waals surface area contributed by atoms with Crippen LogP contribution in [0.3, 0.4) is 0 Å². The third-order valence-corrected chi connectivity index (χ3v) is 3.61. The summed E-state index contributed by atoms with van der Waals surface area (Å²) in [5.41, 5.74) is 6.22. The Morgan fingerprint density at radius 3 is 2.89 bits per heavy atom. The highest BCUT2D eigenvalue weighted by Gasteiger charge is 2.46. The second kappa shape index (κ2) is 5.02. The highest BCUT2D eigenvalue weighted by molar-refractivity contribution is 5.83. The molecule has 1 aliphatic carbocycles. The van der Waals surface area contributed by atoms with Crippen molar-refractivity contribution in [2.45, 2.75) is 33.2 Å². The molecule has 0 atom stereocenters. The Morgan fingerprint density at radius 1 is 1.61 bits per heavy atom. The predicted octanol–water partition coefficient (Wildman–Crippen LogP) is 0.776. The van der Waals surface area contributed by atoms with Crippen molar-refractivity contribution in [3.05, 3.63) is 23.8 Å². The van der Waals surface area contributed by atoms with E-state index in [1.807, 2.05) is 13.0 Å². The van der Waals surface area contributed by atoms with Gasteiger partial charge in [-0.15, -0.1) is 0 Å². The van der Waals surface area contributed by atoms with E-state index in [1.165, 1.54) is 0 Å². The van der Waals surface area contributed by atoms with Crippen LogP contribution >= 0.6 is 0 Å².